The summed E-state index contributed by atoms with van der Waals surface area (Å²) in [6.45, 7) is 10.1. The van der Waals surface area contributed by atoms with Crippen molar-refractivity contribution in [3.63, 3.8) is 0 Å². The Hall–Kier alpha value is -0.770. The van der Waals surface area contributed by atoms with Crippen molar-refractivity contribution >= 4 is 6.09 Å². The third-order valence-corrected chi connectivity index (χ3v) is 3.40. The van der Waals surface area contributed by atoms with Crippen LogP contribution in [-0.2, 0) is 4.74 Å². The van der Waals surface area contributed by atoms with Gasteiger partial charge in [-0.25, -0.2) is 4.79 Å². The van der Waals surface area contributed by atoms with Crippen LogP contribution in [0.2, 0.25) is 0 Å². The molecule has 1 rings (SSSR count). The molecule has 4 nitrogen and oxygen atoms in total. The minimum atomic E-state index is -0.421. The largest absolute Gasteiger partial charge is 0.444 e. The quantitative estimate of drug-likeness (QED) is 0.806. The average Bonchev–Trinajstić information content (AvgIpc) is 2.62. The maximum atomic E-state index is 11.7. The predicted octanol–water partition coefficient (Wildman–Crippen LogP) is 3.21. The third-order valence-electron chi connectivity index (χ3n) is 3.40. The maximum Gasteiger partial charge on any atom is 0.407 e. The highest BCUT2D eigenvalue weighted by Crippen LogP contribution is 2.20. The van der Waals surface area contributed by atoms with Gasteiger partial charge >= 0.3 is 6.09 Å². The molecule has 3 atom stereocenters. The molecular weight excluding hydrogens is 240 g/mol. The van der Waals surface area contributed by atoms with Crippen molar-refractivity contribution in [2.45, 2.75) is 90.4 Å². The van der Waals surface area contributed by atoms with Crippen LogP contribution in [0.25, 0.3) is 0 Å². The molecule has 19 heavy (non-hydrogen) atoms. The normalized spacial score (nSPS) is 25.1. The first-order valence-electron chi connectivity index (χ1n) is 7.55. The van der Waals surface area contributed by atoms with E-state index in [0.29, 0.717) is 12.1 Å². The molecular formula is C15H30N2O2. The molecule has 1 fully saturated rings. The molecule has 1 saturated carbocycles. The van der Waals surface area contributed by atoms with Crippen molar-refractivity contribution in [3.05, 3.63) is 0 Å². The van der Waals surface area contributed by atoms with Crippen molar-refractivity contribution in [1.29, 1.82) is 0 Å². The molecule has 0 heterocycles. The van der Waals surface area contributed by atoms with E-state index < -0.39 is 5.60 Å². The summed E-state index contributed by atoms with van der Waals surface area (Å²) in [5.41, 5.74) is -0.421. The number of amides is 1. The van der Waals surface area contributed by atoms with Gasteiger partial charge in [0.1, 0.15) is 5.60 Å². The summed E-state index contributed by atoms with van der Waals surface area (Å²) in [5.74, 6) is 0. The summed E-state index contributed by atoms with van der Waals surface area (Å²) in [5, 5.41) is 6.61. The van der Waals surface area contributed by atoms with Gasteiger partial charge in [-0.3, -0.25) is 0 Å². The summed E-state index contributed by atoms with van der Waals surface area (Å²) in [6, 6.07) is 1.35. The molecule has 0 aromatic carbocycles. The average molecular weight is 270 g/mol. The highest BCUT2D eigenvalue weighted by Gasteiger charge is 2.28. The molecule has 1 aliphatic rings. The first-order valence-corrected chi connectivity index (χ1v) is 7.55. The van der Waals surface area contributed by atoms with E-state index in [2.05, 4.69) is 24.5 Å². The summed E-state index contributed by atoms with van der Waals surface area (Å²) in [7, 11) is 0. The van der Waals surface area contributed by atoms with Crippen molar-refractivity contribution in [1.82, 2.24) is 10.6 Å². The smallest absolute Gasteiger partial charge is 0.407 e. The van der Waals surface area contributed by atoms with Gasteiger partial charge in [-0.2, -0.15) is 0 Å². The summed E-state index contributed by atoms with van der Waals surface area (Å²) in [6.07, 6.45) is 5.30. The second-order valence-corrected chi connectivity index (χ2v) is 6.71. The Kier molecular flexibility index (Phi) is 6.11. The first kappa shape index (κ1) is 16.3. The van der Waals surface area contributed by atoms with E-state index >= 15 is 0 Å². The Morgan fingerprint density at radius 2 is 1.95 bits per heavy atom. The van der Waals surface area contributed by atoms with Gasteiger partial charge in [0.15, 0.2) is 0 Å². The van der Waals surface area contributed by atoms with Gasteiger partial charge in [-0.1, -0.05) is 13.3 Å². The Labute approximate surface area is 117 Å². The van der Waals surface area contributed by atoms with Gasteiger partial charge in [0.2, 0.25) is 0 Å². The third kappa shape index (κ3) is 6.81. The topological polar surface area (TPSA) is 50.4 Å². The van der Waals surface area contributed by atoms with Gasteiger partial charge in [-0.05, 0) is 53.4 Å². The van der Waals surface area contributed by atoms with Crippen molar-refractivity contribution in [2.75, 3.05) is 0 Å². The summed E-state index contributed by atoms with van der Waals surface area (Å²) in [4.78, 5) is 11.7. The molecule has 112 valence electrons. The van der Waals surface area contributed by atoms with Crippen LogP contribution in [0.15, 0.2) is 0 Å². The van der Waals surface area contributed by atoms with Crippen LogP contribution in [0.3, 0.4) is 0 Å². The number of carbonyl (C=O) groups excluding carboxylic acids is 1. The van der Waals surface area contributed by atoms with E-state index in [1.54, 1.807) is 0 Å². The molecule has 0 aliphatic heterocycles. The van der Waals surface area contributed by atoms with E-state index in [9.17, 15) is 4.79 Å². The highest BCUT2D eigenvalue weighted by atomic mass is 16.6. The Bertz CT molecular complexity index is 286. The molecule has 0 spiro atoms. The molecule has 0 bridgehead atoms. The van der Waals surface area contributed by atoms with Crippen molar-refractivity contribution < 1.29 is 9.53 Å². The molecule has 1 amide bonds. The Morgan fingerprint density at radius 1 is 1.32 bits per heavy atom. The Morgan fingerprint density at radius 3 is 2.53 bits per heavy atom. The van der Waals surface area contributed by atoms with E-state index in [1.807, 2.05) is 20.8 Å². The van der Waals surface area contributed by atoms with Crippen LogP contribution < -0.4 is 10.6 Å². The predicted molar refractivity (Wildman–Crippen MR) is 78.3 cm³/mol. The van der Waals surface area contributed by atoms with Crippen LogP contribution in [0.1, 0.15) is 66.7 Å². The Balaban J connectivity index is 2.26. The standard InChI is InChI=1S/C15H30N2O2/c1-6-7-11(2)16-12-8-9-13(10-12)17-14(18)19-15(3,4)5/h11-13,16H,6-10H2,1-5H3,(H,17,18). The monoisotopic (exact) mass is 270 g/mol. The minimum Gasteiger partial charge on any atom is -0.444 e. The molecule has 1 aliphatic carbocycles. The molecule has 3 unspecified atom stereocenters. The zero-order valence-electron chi connectivity index (χ0n) is 13.1. The van der Waals surface area contributed by atoms with Gasteiger partial charge in [-0.15, -0.1) is 0 Å². The highest BCUT2D eigenvalue weighted by molar-refractivity contribution is 5.68. The SMILES string of the molecule is CCCC(C)NC1CCC(NC(=O)OC(C)(C)C)C1. The maximum absolute atomic E-state index is 11.7. The lowest BCUT2D eigenvalue weighted by atomic mass is 10.1. The van der Waals surface area contributed by atoms with Gasteiger partial charge in [0, 0.05) is 18.1 Å². The number of ether oxygens (including phenoxy) is 1. The number of hydrogen-bond donors (Lipinski definition) is 2. The minimum absolute atomic E-state index is 0.251. The van der Waals surface area contributed by atoms with Gasteiger partial charge in [0.05, 0.1) is 0 Å². The van der Waals surface area contributed by atoms with E-state index in [4.69, 9.17) is 4.74 Å². The van der Waals surface area contributed by atoms with Crippen LogP contribution in [0.4, 0.5) is 4.79 Å². The second-order valence-electron chi connectivity index (χ2n) is 6.71. The van der Waals surface area contributed by atoms with Gasteiger partial charge < -0.3 is 15.4 Å². The number of nitrogens with one attached hydrogen (secondary N) is 2. The lowest BCUT2D eigenvalue weighted by Gasteiger charge is -2.22. The molecule has 0 saturated heterocycles. The van der Waals surface area contributed by atoms with Crippen LogP contribution in [0, 0.1) is 0 Å². The van der Waals surface area contributed by atoms with E-state index in [1.165, 1.54) is 12.8 Å². The molecule has 0 radical (unpaired) electrons. The van der Waals surface area contributed by atoms with Crippen LogP contribution in [-0.4, -0.2) is 29.8 Å². The lowest BCUT2D eigenvalue weighted by molar-refractivity contribution is 0.0505. The molecule has 2 N–H and O–H groups in total. The van der Waals surface area contributed by atoms with Crippen molar-refractivity contribution in [2.24, 2.45) is 0 Å². The zero-order valence-corrected chi connectivity index (χ0v) is 13.1. The summed E-state index contributed by atoms with van der Waals surface area (Å²) >= 11 is 0. The fraction of sp³-hybridized carbons (Fsp3) is 0.933. The van der Waals surface area contributed by atoms with E-state index in [-0.39, 0.29) is 12.1 Å². The number of hydrogen-bond acceptors (Lipinski definition) is 3. The molecule has 0 aromatic rings. The van der Waals surface area contributed by atoms with Crippen LogP contribution in [0.5, 0.6) is 0 Å². The lowest BCUT2D eigenvalue weighted by Crippen LogP contribution is -2.40. The number of rotatable bonds is 5. The second kappa shape index (κ2) is 7.13. The van der Waals surface area contributed by atoms with Crippen LogP contribution >= 0.6 is 0 Å². The summed E-state index contributed by atoms with van der Waals surface area (Å²) < 4.78 is 5.28. The zero-order chi connectivity index (χ0) is 14.5. The molecule has 0 aromatic heterocycles. The molecule has 4 heteroatoms. The fourth-order valence-electron chi connectivity index (χ4n) is 2.66. The number of carbonyl (C=O) groups is 1. The van der Waals surface area contributed by atoms with Crippen molar-refractivity contribution in [3.8, 4) is 0 Å². The van der Waals surface area contributed by atoms with Gasteiger partial charge in [0.25, 0.3) is 0 Å². The number of alkyl carbamates (subject to hydrolysis) is 1. The first-order chi connectivity index (χ1) is 8.80. The fourth-order valence-corrected chi connectivity index (χ4v) is 2.66. The van der Waals surface area contributed by atoms with E-state index in [0.717, 1.165) is 19.3 Å².